The van der Waals surface area contributed by atoms with Crippen LogP contribution < -0.4 is 11.1 Å². The van der Waals surface area contributed by atoms with Crippen molar-refractivity contribution in [2.75, 3.05) is 5.32 Å². The third-order valence-electron chi connectivity index (χ3n) is 3.53. The number of hydrogen-bond acceptors (Lipinski definition) is 5. The fourth-order valence-corrected chi connectivity index (χ4v) is 2.46. The lowest BCUT2D eigenvalue weighted by Gasteiger charge is -2.18. The third kappa shape index (κ3) is 3.46. The Balaban J connectivity index is 2.12. The van der Waals surface area contributed by atoms with E-state index >= 15 is 0 Å². The van der Waals surface area contributed by atoms with E-state index in [1.165, 1.54) is 30.9 Å². The van der Waals surface area contributed by atoms with Gasteiger partial charge in [0.25, 0.3) is 0 Å². The fraction of sp³-hybridized carbons (Fsp3) is 0.0588. The van der Waals surface area contributed by atoms with E-state index < -0.39 is 23.2 Å². The number of hydrogen-bond donors (Lipinski definition) is 2. The summed E-state index contributed by atoms with van der Waals surface area (Å²) in [6.45, 7) is 0. The van der Waals surface area contributed by atoms with Crippen LogP contribution in [0.15, 0.2) is 55.1 Å². The minimum Gasteiger partial charge on any atom is -0.366 e. The van der Waals surface area contributed by atoms with Crippen molar-refractivity contribution >= 4 is 17.4 Å². The van der Waals surface area contributed by atoms with Gasteiger partial charge in [0.15, 0.2) is 0 Å². The zero-order chi connectivity index (χ0) is 18.7. The molecule has 1 amide bonds. The Kier molecular flexibility index (Phi) is 4.53. The summed E-state index contributed by atoms with van der Waals surface area (Å²) in [6.07, 6.45) is -0.523. The molecule has 2 aromatic heterocycles. The summed E-state index contributed by atoms with van der Waals surface area (Å²) in [6, 6.07) is 8.43. The molecular formula is C17H12F3N5O. The predicted octanol–water partition coefficient (Wildman–Crippen LogP) is 3.40. The number of benzene rings is 1. The summed E-state index contributed by atoms with van der Waals surface area (Å²) in [5, 5.41) is 2.64. The van der Waals surface area contributed by atoms with Gasteiger partial charge in [0, 0.05) is 18.0 Å². The topological polar surface area (TPSA) is 93.8 Å². The molecule has 3 N–H and O–H groups in total. The number of carbonyl (C=O) groups is 1. The number of nitrogens with two attached hydrogens (primary N) is 1. The molecule has 3 aromatic rings. The van der Waals surface area contributed by atoms with Crippen LogP contribution in [0, 0.1) is 0 Å². The van der Waals surface area contributed by atoms with Crippen LogP contribution in [0.4, 0.5) is 24.7 Å². The van der Waals surface area contributed by atoms with Crippen LogP contribution in [0.25, 0.3) is 11.3 Å². The van der Waals surface area contributed by atoms with E-state index in [4.69, 9.17) is 5.73 Å². The maximum Gasteiger partial charge on any atom is 0.419 e. The van der Waals surface area contributed by atoms with E-state index in [0.29, 0.717) is 11.3 Å². The molecule has 0 saturated carbocycles. The van der Waals surface area contributed by atoms with Crippen LogP contribution in [0.1, 0.15) is 15.9 Å². The Morgan fingerprint density at radius 2 is 1.85 bits per heavy atom. The number of carbonyl (C=O) groups excluding carboxylic acids is 1. The summed E-state index contributed by atoms with van der Waals surface area (Å²) < 4.78 is 40.5. The normalized spacial score (nSPS) is 11.2. The summed E-state index contributed by atoms with van der Waals surface area (Å²) in [7, 11) is 0. The Hall–Kier alpha value is -3.49. The van der Waals surface area contributed by atoms with Crippen LogP contribution in [0.3, 0.4) is 0 Å². The first-order valence-corrected chi connectivity index (χ1v) is 7.36. The SMILES string of the molecule is NC(=O)c1cccc(Nc2ncccc2-c2ccncn2)c1C(F)(F)F. The molecule has 2 heterocycles. The maximum atomic E-state index is 13.5. The Labute approximate surface area is 145 Å². The highest BCUT2D eigenvalue weighted by atomic mass is 19.4. The standard InChI is InChI=1S/C17H12F3N5O/c18-17(19,20)14-11(15(21)26)3-1-5-13(14)25-16-10(4-2-7-23-16)12-6-8-22-9-24-12/h1-9H,(H2,21,26)(H,23,25). The molecule has 0 unspecified atom stereocenters. The van der Waals surface area contributed by atoms with Gasteiger partial charge in [-0.25, -0.2) is 15.0 Å². The molecule has 9 heteroatoms. The molecule has 1 aromatic carbocycles. The maximum absolute atomic E-state index is 13.5. The van der Waals surface area contributed by atoms with Gasteiger partial charge < -0.3 is 11.1 Å². The summed E-state index contributed by atoms with van der Waals surface area (Å²) in [5.41, 5.74) is 3.96. The third-order valence-corrected chi connectivity index (χ3v) is 3.53. The number of aromatic nitrogens is 3. The number of halogens is 3. The zero-order valence-corrected chi connectivity index (χ0v) is 13.2. The monoisotopic (exact) mass is 359 g/mol. The number of nitrogens with one attached hydrogen (secondary N) is 1. The van der Waals surface area contributed by atoms with Gasteiger partial charge in [-0.3, -0.25) is 4.79 Å². The lowest BCUT2D eigenvalue weighted by Crippen LogP contribution is -2.20. The van der Waals surface area contributed by atoms with Crippen LogP contribution in [-0.4, -0.2) is 20.9 Å². The van der Waals surface area contributed by atoms with E-state index in [9.17, 15) is 18.0 Å². The zero-order valence-electron chi connectivity index (χ0n) is 13.2. The molecule has 0 aliphatic carbocycles. The average molecular weight is 359 g/mol. The lowest BCUT2D eigenvalue weighted by atomic mass is 10.0. The number of anilines is 2. The fourth-order valence-electron chi connectivity index (χ4n) is 2.46. The smallest absolute Gasteiger partial charge is 0.366 e. The minimum absolute atomic E-state index is 0.151. The van der Waals surface area contributed by atoms with Crippen LogP contribution >= 0.6 is 0 Å². The Morgan fingerprint density at radius 1 is 1.04 bits per heavy atom. The van der Waals surface area contributed by atoms with Gasteiger partial charge in [-0.1, -0.05) is 6.07 Å². The molecule has 6 nitrogen and oxygen atoms in total. The highest BCUT2D eigenvalue weighted by Gasteiger charge is 2.37. The molecule has 132 valence electrons. The van der Waals surface area contributed by atoms with Crippen LogP contribution in [0.2, 0.25) is 0 Å². The van der Waals surface area contributed by atoms with Gasteiger partial charge in [-0.2, -0.15) is 13.2 Å². The van der Waals surface area contributed by atoms with Crippen molar-refractivity contribution in [1.82, 2.24) is 15.0 Å². The number of rotatable bonds is 4. The van der Waals surface area contributed by atoms with E-state index in [1.807, 2.05) is 0 Å². The Morgan fingerprint density at radius 3 is 2.50 bits per heavy atom. The van der Waals surface area contributed by atoms with Gasteiger partial charge in [-0.05, 0) is 30.3 Å². The molecule has 0 aliphatic rings. The first-order valence-electron chi connectivity index (χ1n) is 7.36. The number of primary amides is 1. The van der Waals surface area contributed by atoms with Crippen molar-refractivity contribution in [1.29, 1.82) is 0 Å². The van der Waals surface area contributed by atoms with E-state index in [2.05, 4.69) is 20.3 Å². The first kappa shape index (κ1) is 17.3. The van der Waals surface area contributed by atoms with E-state index in [-0.39, 0.29) is 11.5 Å². The van der Waals surface area contributed by atoms with Gasteiger partial charge in [0.05, 0.1) is 22.5 Å². The van der Waals surface area contributed by atoms with E-state index in [1.54, 1.807) is 18.2 Å². The van der Waals surface area contributed by atoms with Gasteiger partial charge in [0.2, 0.25) is 5.91 Å². The molecule has 0 saturated heterocycles. The Bertz CT molecular complexity index is 945. The average Bonchev–Trinajstić information content (AvgIpc) is 2.62. The largest absolute Gasteiger partial charge is 0.419 e. The minimum atomic E-state index is -4.78. The molecule has 26 heavy (non-hydrogen) atoms. The van der Waals surface area contributed by atoms with Crippen molar-refractivity contribution in [3.05, 3.63) is 66.2 Å². The molecule has 0 radical (unpaired) electrons. The molecule has 3 rings (SSSR count). The quantitative estimate of drug-likeness (QED) is 0.745. The van der Waals surface area contributed by atoms with Crippen LogP contribution in [-0.2, 0) is 6.18 Å². The van der Waals surface area contributed by atoms with Crippen molar-refractivity contribution in [3.8, 4) is 11.3 Å². The summed E-state index contributed by atoms with van der Waals surface area (Å²) in [4.78, 5) is 23.4. The second-order valence-corrected chi connectivity index (χ2v) is 5.21. The van der Waals surface area contributed by atoms with Crippen molar-refractivity contribution in [2.45, 2.75) is 6.18 Å². The van der Waals surface area contributed by atoms with Crippen molar-refractivity contribution < 1.29 is 18.0 Å². The molecule has 0 spiro atoms. The summed E-state index contributed by atoms with van der Waals surface area (Å²) >= 11 is 0. The van der Waals surface area contributed by atoms with Crippen LogP contribution in [0.5, 0.6) is 0 Å². The summed E-state index contributed by atoms with van der Waals surface area (Å²) in [5.74, 6) is -1.02. The second kappa shape index (κ2) is 6.79. The van der Waals surface area contributed by atoms with Gasteiger partial charge in [-0.15, -0.1) is 0 Å². The highest BCUT2D eigenvalue weighted by Crippen LogP contribution is 2.39. The molecule has 0 bridgehead atoms. The molecule has 0 fully saturated rings. The number of alkyl halides is 3. The second-order valence-electron chi connectivity index (χ2n) is 5.21. The molecule has 0 atom stereocenters. The van der Waals surface area contributed by atoms with Crippen molar-refractivity contribution in [3.63, 3.8) is 0 Å². The predicted molar refractivity (Wildman–Crippen MR) is 88.5 cm³/mol. The number of nitrogens with zero attached hydrogens (tertiary/aromatic N) is 3. The molecular weight excluding hydrogens is 347 g/mol. The van der Waals surface area contributed by atoms with E-state index in [0.717, 1.165) is 6.07 Å². The molecule has 0 aliphatic heterocycles. The van der Waals surface area contributed by atoms with Gasteiger partial charge >= 0.3 is 6.18 Å². The lowest BCUT2D eigenvalue weighted by molar-refractivity contribution is -0.137. The first-order chi connectivity index (χ1) is 12.4. The van der Waals surface area contributed by atoms with Gasteiger partial charge in [0.1, 0.15) is 12.1 Å². The highest BCUT2D eigenvalue weighted by molar-refractivity contribution is 5.96. The number of pyridine rings is 1. The number of amides is 1. The van der Waals surface area contributed by atoms with Crippen molar-refractivity contribution in [2.24, 2.45) is 5.73 Å².